The number of esters is 1. The summed E-state index contributed by atoms with van der Waals surface area (Å²) in [6.45, 7) is 5.77. The Hall–Kier alpha value is -2.68. The Morgan fingerprint density at radius 1 is 0.903 bits per heavy atom. The molecule has 162 valence electrons. The molecule has 0 amide bonds. The highest BCUT2D eigenvalue weighted by molar-refractivity contribution is 6.04. The molecule has 0 saturated heterocycles. The van der Waals surface area contributed by atoms with Gasteiger partial charge < -0.3 is 4.74 Å². The van der Waals surface area contributed by atoms with Crippen LogP contribution in [0.3, 0.4) is 0 Å². The molecule has 0 radical (unpaired) electrons. The van der Waals surface area contributed by atoms with Crippen LogP contribution in [-0.2, 0) is 5.41 Å². The third-order valence-electron chi connectivity index (χ3n) is 7.73. The molecule has 3 saturated carbocycles. The van der Waals surface area contributed by atoms with Crippen LogP contribution in [0, 0.1) is 5.41 Å². The van der Waals surface area contributed by atoms with E-state index in [0.717, 1.165) is 0 Å². The van der Waals surface area contributed by atoms with Crippen molar-refractivity contribution in [2.45, 2.75) is 70.1 Å². The number of fused-ring (bicyclic) bond motifs is 3. The number of carbonyl (C=O) groups excluding carboxylic acids is 2. The molecule has 5 rings (SSSR count). The van der Waals surface area contributed by atoms with Crippen molar-refractivity contribution < 1.29 is 14.3 Å². The van der Waals surface area contributed by atoms with E-state index in [0.29, 0.717) is 27.7 Å². The van der Waals surface area contributed by atoms with E-state index >= 15 is 0 Å². The molecule has 0 atom stereocenters. The Balaban J connectivity index is 1.40. The highest BCUT2D eigenvalue weighted by Crippen LogP contribution is 2.59. The lowest BCUT2D eigenvalue weighted by atomic mass is 9.51. The summed E-state index contributed by atoms with van der Waals surface area (Å²) >= 11 is 0. The average Bonchev–Trinajstić information content (AvgIpc) is 2.84. The smallest absolute Gasteiger partial charge is 0.343 e. The molecule has 2 aromatic rings. The first-order chi connectivity index (χ1) is 15.0. The summed E-state index contributed by atoms with van der Waals surface area (Å²) in [4.78, 5) is 24.2. The molecule has 0 spiro atoms. The number of ketones is 1. The maximum Gasteiger partial charge on any atom is 0.343 e. The van der Waals surface area contributed by atoms with Crippen molar-refractivity contribution in [2.75, 3.05) is 0 Å². The first-order valence-electron chi connectivity index (χ1n) is 11.6. The van der Waals surface area contributed by atoms with E-state index in [1.54, 1.807) is 24.3 Å². The predicted octanol–water partition coefficient (Wildman–Crippen LogP) is 7.06. The molecular weight excluding hydrogens is 384 g/mol. The van der Waals surface area contributed by atoms with Crippen LogP contribution < -0.4 is 4.74 Å². The van der Waals surface area contributed by atoms with Gasteiger partial charge in [-0.3, -0.25) is 4.79 Å². The molecule has 0 aromatic heterocycles. The van der Waals surface area contributed by atoms with Crippen LogP contribution in [0.5, 0.6) is 5.75 Å². The van der Waals surface area contributed by atoms with Crippen molar-refractivity contribution in [1.29, 1.82) is 0 Å². The molecule has 3 aliphatic carbocycles. The summed E-state index contributed by atoms with van der Waals surface area (Å²) in [5.41, 5.74) is 3.35. The minimum atomic E-state index is -0.377. The van der Waals surface area contributed by atoms with Crippen LogP contribution in [-0.4, -0.2) is 11.8 Å². The molecular formula is C28H32O3. The lowest BCUT2D eigenvalue weighted by Crippen LogP contribution is -2.44. The van der Waals surface area contributed by atoms with Crippen molar-refractivity contribution in [1.82, 2.24) is 0 Å². The van der Waals surface area contributed by atoms with Crippen molar-refractivity contribution in [3.63, 3.8) is 0 Å². The van der Waals surface area contributed by atoms with E-state index in [1.807, 2.05) is 12.1 Å². The van der Waals surface area contributed by atoms with Crippen LogP contribution in [0.15, 0.2) is 61.2 Å². The summed E-state index contributed by atoms with van der Waals surface area (Å²) in [6, 6.07) is 14.6. The molecule has 3 nitrogen and oxygen atoms in total. The highest BCUT2D eigenvalue weighted by Gasteiger charge is 2.48. The minimum absolute atomic E-state index is 0.152. The lowest BCUT2D eigenvalue weighted by Gasteiger charge is -2.54. The molecule has 3 heteroatoms. The van der Waals surface area contributed by atoms with Crippen molar-refractivity contribution >= 4 is 11.8 Å². The summed E-state index contributed by atoms with van der Waals surface area (Å²) in [5, 5.41) is 0. The van der Waals surface area contributed by atoms with E-state index in [9.17, 15) is 9.59 Å². The number of allylic oxidation sites excluding steroid dienone is 1. The van der Waals surface area contributed by atoms with Crippen LogP contribution in [0.2, 0.25) is 0 Å². The third-order valence-corrected chi connectivity index (χ3v) is 7.73. The van der Waals surface area contributed by atoms with Gasteiger partial charge in [0.1, 0.15) is 5.75 Å². The number of hydrogen-bond donors (Lipinski definition) is 0. The largest absolute Gasteiger partial charge is 0.423 e. The molecule has 0 unspecified atom stereocenters. The standard InChI is InChI=1S/C28H32O3/c1-3-5-14-27-15-18-28(19-16-27,20-17-27)23-10-6-22(7-11-23)26(30)31-24-12-8-21(9-13-24)25(29)4-2/h4,6-13H,2-3,5,14-20H2,1H3. The summed E-state index contributed by atoms with van der Waals surface area (Å²) in [5.74, 6) is -0.102. The zero-order valence-electron chi connectivity index (χ0n) is 18.5. The molecule has 31 heavy (non-hydrogen) atoms. The third kappa shape index (κ3) is 4.37. The van der Waals surface area contributed by atoms with Gasteiger partial charge >= 0.3 is 5.97 Å². The Bertz CT molecular complexity index is 928. The topological polar surface area (TPSA) is 43.4 Å². The average molecular weight is 417 g/mol. The Kier molecular flexibility index (Phi) is 6.13. The molecule has 0 heterocycles. The van der Waals surface area contributed by atoms with Gasteiger partial charge in [0.25, 0.3) is 0 Å². The summed E-state index contributed by atoms with van der Waals surface area (Å²) in [7, 11) is 0. The zero-order chi connectivity index (χ0) is 21.9. The fourth-order valence-electron chi connectivity index (χ4n) is 5.55. The van der Waals surface area contributed by atoms with Gasteiger partial charge in [0.05, 0.1) is 5.56 Å². The van der Waals surface area contributed by atoms with E-state index in [-0.39, 0.29) is 11.8 Å². The quantitative estimate of drug-likeness (QED) is 0.200. The van der Waals surface area contributed by atoms with Gasteiger partial charge in [-0.2, -0.15) is 0 Å². The molecule has 0 N–H and O–H groups in total. The molecule has 0 aliphatic heterocycles. The number of hydrogen-bond acceptors (Lipinski definition) is 3. The van der Waals surface area contributed by atoms with Gasteiger partial charge in [0, 0.05) is 5.56 Å². The van der Waals surface area contributed by atoms with E-state index in [2.05, 4.69) is 25.6 Å². The molecule has 2 aromatic carbocycles. The lowest BCUT2D eigenvalue weighted by molar-refractivity contribution is 0.0308. The van der Waals surface area contributed by atoms with Crippen molar-refractivity contribution in [3.05, 3.63) is 77.9 Å². The highest BCUT2D eigenvalue weighted by atomic mass is 16.5. The summed E-state index contributed by atoms with van der Waals surface area (Å²) < 4.78 is 5.49. The number of ether oxygens (including phenoxy) is 1. The van der Waals surface area contributed by atoms with Gasteiger partial charge in [0.2, 0.25) is 0 Å². The van der Waals surface area contributed by atoms with E-state index in [1.165, 1.54) is 69.4 Å². The molecule has 2 bridgehead atoms. The second-order valence-electron chi connectivity index (χ2n) is 9.44. The number of unbranched alkanes of at least 4 members (excludes halogenated alkanes) is 1. The van der Waals surface area contributed by atoms with Gasteiger partial charge in [-0.05, 0) is 104 Å². The van der Waals surface area contributed by atoms with Crippen LogP contribution in [0.4, 0.5) is 0 Å². The minimum Gasteiger partial charge on any atom is -0.423 e. The SMILES string of the molecule is C=CC(=O)c1ccc(OC(=O)c2ccc(C34CCC(CCCC)(CC3)CC4)cc2)cc1. The first-order valence-corrected chi connectivity index (χ1v) is 11.6. The second-order valence-corrected chi connectivity index (χ2v) is 9.44. The maximum atomic E-state index is 12.6. The van der Waals surface area contributed by atoms with E-state index in [4.69, 9.17) is 4.74 Å². The van der Waals surface area contributed by atoms with Gasteiger partial charge in [0.15, 0.2) is 5.78 Å². The fraction of sp³-hybridized carbons (Fsp3) is 0.429. The monoisotopic (exact) mass is 416 g/mol. The Morgan fingerprint density at radius 3 is 2.03 bits per heavy atom. The zero-order valence-corrected chi connectivity index (χ0v) is 18.5. The summed E-state index contributed by atoms with van der Waals surface area (Å²) in [6.07, 6.45) is 13.2. The fourth-order valence-corrected chi connectivity index (χ4v) is 5.55. The van der Waals surface area contributed by atoms with Gasteiger partial charge in [-0.1, -0.05) is 38.5 Å². The molecule has 3 aliphatic rings. The van der Waals surface area contributed by atoms with Crippen molar-refractivity contribution in [2.24, 2.45) is 5.41 Å². The van der Waals surface area contributed by atoms with Gasteiger partial charge in [-0.25, -0.2) is 4.79 Å². The van der Waals surface area contributed by atoms with Crippen LogP contribution >= 0.6 is 0 Å². The number of benzene rings is 2. The second kappa shape index (κ2) is 8.82. The molecule has 3 fully saturated rings. The van der Waals surface area contributed by atoms with Crippen molar-refractivity contribution in [3.8, 4) is 5.75 Å². The number of carbonyl (C=O) groups is 2. The normalized spacial score (nSPS) is 24.5. The first kappa shape index (κ1) is 21.5. The van der Waals surface area contributed by atoms with Crippen LogP contribution in [0.1, 0.15) is 91.0 Å². The Labute approximate surface area is 185 Å². The van der Waals surface area contributed by atoms with Crippen LogP contribution in [0.25, 0.3) is 0 Å². The van der Waals surface area contributed by atoms with E-state index < -0.39 is 0 Å². The predicted molar refractivity (Wildman–Crippen MR) is 124 cm³/mol. The van der Waals surface area contributed by atoms with Gasteiger partial charge in [-0.15, -0.1) is 0 Å². The Morgan fingerprint density at radius 2 is 1.48 bits per heavy atom. The number of rotatable bonds is 8. The maximum absolute atomic E-state index is 12.6.